The Balaban J connectivity index is 2.39. The highest BCUT2D eigenvalue weighted by molar-refractivity contribution is 6.33. The van der Waals surface area contributed by atoms with E-state index in [9.17, 15) is 9.59 Å². The van der Waals surface area contributed by atoms with Crippen molar-refractivity contribution in [3.63, 3.8) is 0 Å². The van der Waals surface area contributed by atoms with Crippen LogP contribution in [0.1, 0.15) is 26.5 Å². The number of halogens is 1. The smallest absolute Gasteiger partial charge is 0.328 e. The fraction of sp³-hybridized carbons (Fsp3) is 0.462. The van der Waals surface area contributed by atoms with Crippen molar-refractivity contribution in [3.8, 4) is 0 Å². The monoisotopic (exact) mass is 314 g/mol. The first-order chi connectivity index (χ1) is 9.71. The van der Waals surface area contributed by atoms with Gasteiger partial charge in [0.2, 0.25) is 0 Å². The topological polar surface area (TPSA) is 94.6 Å². The highest BCUT2D eigenvalue weighted by Gasteiger charge is 2.20. The molecule has 2 aromatic heterocycles. The molecule has 21 heavy (non-hydrogen) atoms. The molecule has 0 spiro atoms. The van der Waals surface area contributed by atoms with Crippen LogP contribution in [0.25, 0.3) is 11.0 Å². The summed E-state index contributed by atoms with van der Waals surface area (Å²) in [6.45, 7) is 4.45. The third-order valence-electron chi connectivity index (χ3n) is 2.50. The van der Waals surface area contributed by atoms with E-state index in [0.29, 0.717) is 0 Å². The molecule has 1 N–H and O–H groups in total. The Morgan fingerprint density at radius 1 is 1.52 bits per heavy atom. The number of ether oxygens (including phenoxy) is 1. The number of carbonyl (C=O) groups excluding carboxylic acids is 1. The standard InChI is InChI=1S/C13H15ClN2O5/c1-13(2,3)21-9(18)5-16-12(19)8-4-7(6-17)20-10(8)11(14)15-16/h4,17H,5-6H2,1-3H3. The number of hydrogen-bond acceptors (Lipinski definition) is 6. The van der Waals surface area contributed by atoms with E-state index in [1.54, 1.807) is 20.8 Å². The molecule has 114 valence electrons. The largest absolute Gasteiger partial charge is 0.459 e. The van der Waals surface area contributed by atoms with E-state index in [4.69, 9.17) is 25.9 Å². The summed E-state index contributed by atoms with van der Waals surface area (Å²) in [5.74, 6) is -0.404. The van der Waals surface area contributed by atoms with Gasteiger partial charge in [0.1, 0.15) is 24.5 Å². The maximum absolute atomic E-state index is 12.2. The molecule has 8 heteroatoms. The van der Waals surface area contributed by atoms with Crippen molar-refractivity contribution < 1.29 is 19.1 Å². The number of furan rings is 1. The predicted octanol–water partition coefficient (Wildman–Crippen LogP) is 1.48. The molecule has 0 aliphatic carbocycles. The van der Waals surface area contributed by atoms with E-state index >= 15 is 0 Å². The zero-order valence-corrected chi connectivity index (χ0v) is 12.6. The van der Waals surface area contributed by atoms with Crippen LogP contribution in [0.5, 0.6) is 0 Å². The minimum absolute atomic E-state index is 0.0622. The van der Waals surface area contributed by atoms with Crippen molar-refractivity contribution in [2.24, 2.45) is 0 Å². The molecule has 0 saturated heterocycles. The molecule has 0 bridgehead atoms. The second kappa shape index (κ2) is 5.50. The van der Waals surface area contributed by atoms with Crippen LogP contribution in [-0.2, 0) is 22.7 Å². The zero-order chi connectivity index (χ0) is 15.8. The van der Waals surface area contributed by atoms with Crippen molar-refractivity contribution in [3.05, 3.63) is 27.3 Å². The van der Waals surface area contributed by atoms with Crippen LogP contribution in [-0.4, -0.2) is 26.5 Å². The number of carbonyl (C=O) groups is 1. The number of aromatic nitrogens is 2. The molecular formula is C13H15ClN2O5. The summed E-state index contributed by atoms with van der Waals surface area (Å²) in [6.07, 6.45) is 0. The van der Waals surface area contributed by atoms with Crippen LogP contribution in [0.15, 0.2) is 15.3 Å². The number of rotatable bonds is 3. The van der Waals surface area contributed by atoms with Gasteiger partial charge >= 0.3 is 5.97 Å². The lowest BCUT2D eigenvalue weighted by molar-refractivity contribution is -0.155. The van der Waals surface area contributed by atoms with Gasteiger partial charge in [-0.3, -0.25) is 9.59 Å². The molecular weight excluding hydrogens is 300 g/mol. The average molecular weight is 315 g/mol. The minimum Gasteiger partial charge on any atom is -0.459 e. The number of aliphatic hydroxyl groups excluding tert-OH is 1. The van der Waals surface area contributed by atoms with Gasteiger partial charge in [-0.15, -0.1) is 0 Å². The van der Waals surface area contributed by atoms with Crippen LogP contribution in [0.4, 0.5) is 0 Å². The molecule has 0 unspecified atom stereocenters. The van der Waals surface area contributed by atoms with E-state index in [1.807, 2.05) is 0 Å². The molecule has 0 radical (unpaired) electrons. The third kappa shape index (κ3) is 3.43. The molecule has 7 nitrogen and oxygen atoms in total. The quantitative estimate of drug-likeness (QED) is 0.862. The van der Waals surface area contributed by atoms with Crippen LogP contribution < -0.4 is 5.56 Å². The number of esters is 1. The average Bonchev–Trinajstić information content (AvgIpc) is 2.78. The summed E-state index contributed by atoms with van der Waals surface area (Å²) >= 11 is 5.92. The Labute approximate surface area is 125 Å². The van der Waals surface area contributed by atoms with Crippen molar-refractivity contribution in [1.82, 2.24) is 9.78 Å². The van der Waals surface area contributed by atoms with E-state index < -0.39 is 17.1 Å². The molecule has 0 aliphatic heterocycles. The first-order valence-electron chi connectivity index (χ1n) is 6.23. The molecule has 2 rings (SSSR count). The van der Waals surface area contributed by atoms with Gasteiger partial charge in [0.05, 0.1) is 5.39 Å². The Kier molecular flexibility index (Phi) is 4.06. The van der Waals surface area contributed by atoms with Gasteiger partial charge in [-0.25, -0.2) is 4.68 Å². The van der Waals surface area contributed by atoms with E-state index in [2.05, 4.69) is 5.10 Å². The maximum Gasteiger partial charge on any atom is 0.328 e. The van der Waals surface area contributed by atoms with Gasteiger partial charge in [-0.1, -0.05) is 11.6 Å². The first kappa shape index (κ1) is 15.5. The summed E-state index contributed by atoms with van der Waals surface area (Å²) in [5.41, 5.74) is -1.11. The molecule has 2 aromatic rings. The van der Waals surface area contributed by atoms with Gasteiger partial charge in [0, 0.05) is 0 Å². The fourth-order valence-corrected chi connectivity index (χ4v) is 2.00. The highest BCUT2D eigenvalue weighted by Crippen LogP contribution is 2.22. The third-order valence-corrected chi connectivity index (χ3v) is 2.75. The van der Waals surface area contributed by atoms with Gasteiger partial charge in [0.25, 0.3) is 5.56 Å². The van der Waals surface area contributed by atoms with E-state index in [0.717, 1.165) is 4.68 Å². The summed E-state index contributed by atoms with van der Waals surface area (Å²) in [6, 6.07) is 1.37. The van der Waals surface area contributed by atoms with Gasteiger partial charge in [-0.05, 0) is 26.8 Å². The minimum atomic E-state index is -0.658. The van der Waals surface area contributed by atoms with E-state index in [-0.39, 0.29) is 35.0 Å². The van der Waals surface area contributed by atoms with Crippen LogP contribution in [0.3, 0.4) is 0 Å². The van der Waals surface area contributed by atoms with Crippen LogP contribution in [0.2, 0.25) is 5.15 Å². The molecule has 0 aliphatic rings. The first-order valence-corrected chi connectivity index (χ1v) is 6.61. The molecule has 0 atom stereocenters. The Bertz CT molecular complexity index is 741. The van der Waals surface area contributed by atoms with Crippen molar-refractivity contribution >= 4 is 28.5 Å². The highest BCUT2D eigenvalue weighted by atomic mass is 35.5. The van der Waals surface area contributed by atoms with E-state index in [1.165, 1.54) is 6.07 Å². The lowest BCUT2D eigenvalue weighted by Crippen LogP contribution is -2.31. The summed E-state index contributed by atoms with van der Waals surface area (Å²) in [5, 5.41) is 12.9. The lowest BCUT2D eigenvalue weighted by Gasteiger charge is -2.19. The lowest BCUT2D eigenvalue weighted by atomic mass is 10.2. The SMILES string of the molecule is CC(C)(C)OC(=O)Cn1nc(Cl)c2oc(CO)cc2c1=O. The Morgan fingerprint density at radius 2 is 2.19 bits per heavy atom. The van der Waals surface area contributed by atoms with Gasteiger partial charge < -0.3 is 14.3 Å². The second-order valence-electron chi connectivity index (χ2n) is 5.45. The van der Waals surface area contributed by atoms with Gasteiger partial charge in [-0.2, -0.15) is 5.10 Å². The summed E-state index contributed by atoms with van der Waals surface area (Å²) in [7, 11) is 0. The summed E-state index contributed by atoms with van der Waals surface area (Å²) in [4.78, 5) is 24.0. The van der Waals surface area contributed by atoms with Crippen molar-refractivity contribution in [1.29, 1.82) is 0 Å². The Morgan fingerprint density at radius 3 is 2.76 bits per heavy atom. The van der Waals surface area contributed by atoms with Crippen molar-refractivity contribution in [2.75, 3.05) is 0 Å². The molecule has 0 aromatic carbocycles. The number of nitrogens with zero attached hydrogens (tertiary/aromatic N) is 2. The van der Waals surface area contributed by atoms with Crippen LogP contribution >= 0.6 is 11.6 Å². The van der Waals surface area contributed by atoms with Gasteiger partial charge in [0.15, 0.2) is 10.7 Å². The van der Waals surface area contributed by atoms with Crippen molar-refractivity contribution in [2.45, 2.75) is 39.5 Å². The normalized spacial score (nSPS) is 11.9. The zero-order valence-electron chi connectivity index (χ0n) is 11.8. The molecule has 0 saturated carbocycles. The van der Waals surface area contributed by atoms with Crippen LogP contribution in [0, 0.1) is 0 Å². The fourth-order valence-electron chi connectivity index (χ4n) is 1.77. The number of aliphatic hydroxyl groups is 1. The summed E-state index contributed by atoms with van der Waals surface area (Å²) < 4.78 is 11.2. The Hall–Kier alpha value is -1.86. The molecule has 0 amide bonds. The molecule has 2 heterocycles. The molecule has 0 fully saturated rings. The number of hydrogen-bond donors (Lipinski definition) is 1. The second-order valence-corrected chi connectivity index (χ2v) is 5.81. The maximum atomic E-state index is 12.2. The number of fused-ring (bicyclic) bond motifs is 1. The predicted molar refractivity (Wildman–Crippen MR) is 75.0 cm³/mol.